The van der Waals surface area contributed by atoms with E-state index in [-0.39, 0.29) is 22.7 Å². The molecular weight excluding hydrogens is 448 g/mol. The first-order chi connectivity index (χ1) is 15.5. The Morgan fingerprint density at radius 1 is 1.22 bits per heavy atom. The van der Waals surface area contributed by atoms with Crippen LogP contribution < -0.4 is 10.1 Å². The number of nitrogens with zero attached hydrogens (tertiary/aromatic N) is 3. The average Bonchev–Trinajstić information content (AvgIpc) is 3.30. The third-order valence-corrected chi connectivity index (χ3v) is 6.51. The highest BCUT2D eigenvalue weighted by atomic mass is 35.5. The Hall–Kier alpha value is -2.97. The number of ether oxygens (including phenoxy) is 1. The number of amides is 2. The molecule has 32 heavy (non-hydrogen) atoms. The first-order valence-corrected chi connectivity index (χ1v) is 11.7. The number of benzene rings is 2. The molecule has 1 saturated heterocycles. The fourth-order valence-corrected chi connectivity index (χ4v) is 4.70. The number of hydrogen-bond donors (Lipinski definition) is 1. The highest BCUT2D eigenvalue weighted by Crippen LogP contribution is 2.30. The molecule has 1 aliphatic heterocycles. The molecule has 3 aromatic rings. The van der Waals surface area contributed by atoms with Crippen LogP contribution in [0.3, 0.4) is 0 Å². The van der Waals surface area contributed by atoms with E-state index >= 15 is 0 Å². The number of carbonyl (C=O) groups excluding carboxylic acids is 2. The molecular formula is C23H23ClN4O3S. The Kier molecular flexibility index (Phi) is 7.02. The molecule has 2 aromatic carbocycles. The minimum atomic E-state index is -0.325. The van der Waals surface area contributed by atoms with Gasteiger partial charge >= 0.3 is 0 Å². The molecule has 0 radical (unpaired) electrons. The number of nitrogens with one attached hydrogen (secondary N) is 1. The summed E-state index contributed by atoms with van der Waals surface area (Å²) in [6, 6.07) is 14.1. The third kappa shape index (κ3) is 5.26. The number of rotatable bonds is 6. The van der Waals surface area contributed by atoms with Crippen molar-refractivity contribution in [1.29, 1.82) is 0 Å². The Morgan fingerprint density at radius 3 is 2.78 bits per heavy atom. The highest BCUT2D eigenvalue weighted by Gasteiger charge is 2.28. The van der Waals surface area contributed by atoms with Crippen LogP contribution in [-0.4, -0.2) is 46.6 Å². The van der Waals surface area contributed by atoms with E-state index in [9.17, 15) is 9.59 Å². The second kappa shape index (κ2) is 10.1. The maximum Gasteiger partial charge on any atom is 0.286 e. The van der Waals surface area contributed by atoms with Crippen molar-refractivity contribution >= 4 is 40.4 Å². The summed E-state index contributed by atoms with van der Waals surface area (Å²) < 4.78 is 5.45. The van der Waals surface area contributed by atoms with Crippen molar-refractivity contribution in [2.45, 2.75) is 25.7 Å². The Labute approximate surface area is 195 Å². The van der Waals surface area contributed by atoms with Crippen molar-refractivity contribution in [3.05, 3.63) is 69.1 Å². The van der Waals surface area contributed by atoms with Crippen LogP contribution in [0.25, 0.3) is 0 Å². The minimum Gasteiger partial charge on any atom is -0.494 e. The summed E-state index contributed by atoms with van der Waals surface area (Å²) in [6.45, 7) is 3.76. The maximum absolute atomic E-state index is 13.0. The largest absolute Gasteiger partial charge is 0.494 e. The molecule has 0 spiro atoms. The van der Waals surface area contributed by atoms with Crippen molar-refractivity contribution in [2.24, 2.45) is 0 Å². The summed E-state index contributed by atoms with van der Waals surface area (Å²) in [6.07, 6.45) is 1.77. The van der Waals surface area contributed by atoms with Crippen LogP contribution >= 0.6 is 22.9 Å². The molecule has 1 aliphatic rings. The van der Waals surface area contributed by atoms with Crippen LogP contribution in [0, 0.1) is 0 Å². The molecule has 0 bridgehead atoms. The molecule has 9 heteroatoms. The standard InChI is InChI=1S/C23H23ClN4O3S/c1-2-31-19-10-8-15(9-11-19)23(30)28-12-4-5-16(14-28)21-26-27-22(32-21)20(29)25-18-7-3-6-17(24)13-18/h3,6-11,13,16H,2,4-5,12,14H2,1H3,(H,25,29). The predicted molar refractivity (Wildman–Crippen MR) is 125 cm³/mol. The lowest BCUT2D eigenvalue weighted by Gasteiger charge is -2.31. The SMILES string of the molecule is CCOc1ccc(C(=O)N2CCCC(c3nnc(C(=O)Nc4cccc(Cl)c4)s3)C2)cc1. The van der Waals surface area contributed by atoms with Gasteiger partial charge in [-0.2, -0.15) is 0 Å². The van der Waals surface area contributed by atoms with Crippen molar-refractivity contribution in [2.75, 3.05) is 25.0 Å². The number of aromatic nitrogens is 2. The van der Waals surface area contributed by atoms with Crippen LogP contribution in [0.1, 0.15) is 50.9 Å². The molecule has 2 heterocycles. The molecule has 4 rings (SSSR count). The third-order valence-electron chi connectivity index (χ3n) is 5.19. The Morgan fingerprint density at radius 2 is 2.03 bits per heavy atom. The van der Waals surface area contributed by atoms with Crippen LogP contribution in [0.5, 0.6) is 5.75 Å². The van der Waals surface area contributed by atoms with Crippen LogP contribution in [-0.2, 0) is 0 Å². The van der Waals surface area contributed by atoms with Crippen LogP contribution in [0.2, 0.25) is 5.02 Å². The van der Waals surface area contributed by atoms with E-state index in [2.05, 4.69) is 15.5 Å². The fourth-order valence-electron chi connectivity index (χ4n) is 3.65. The van der Waals surface area contributed by atoms with E-state index in [1.807, 2.05) is 24.0 Å². The molecule has 1 unspecified atom stereocenters. The van der Waals surface area contributed by atoms with Crippen molar-refractivity contribution in [1.82, 2.24) is 15.1 Å². The topological polar surface area (TPSA) is 84.4 Å². The van der Waals surface area contributed by atoms with Gasteiger partial charge in [0.25, 0.3) is 11.8 Å². The Balaban J connectivity index is 1.40. The van der Waals surface area contributed by atoms with Crippen LogP contribution in [0.15, 0.2) is 48.5 Å². The second-order valence-corrected chi connectivity index (χ2v) is 8.90. The maximum atomic E-state index is 13.0. The zero-order chi connectivity index (χ0) is 22.5. The lowest BCUT2D eigenvalue weighted by atomic mass is 9.98. The summed E-state index contributed by atoms with van der Waals surface area (Å²) >= 11 is 7.24. The smallest absolute Gasteiger partial charge is 0.286 e. The Bertz CT molecular complexity index is 1100. The van der Waals surface area contributed by atoms with E-state index in [0.29, 0.717) is 36.0 Å². The van der Waals surface area contributed by atoms with E-state index < -0.39 is 0 Å². The van der Waals surface area contributed by atoms with Gasteiger partial charge in [-0.3, -0.25) is 9.59 Å². The first-order valence-electron chi connectivity index (χ1n) is 10.5. The van der Waals surface area contributed by atoms with E-state index in [1.165, 1.54) is 11.3 Å². The molecule has 0 aliphatic carbocycles. The molecule has 1 fully saturated rings. The summed E-state index contributed by atoms with van der Waals surface area (Å²) in [5.74, 6) is 0.467. The van der Waals surface area contributed by atoms with Gasteiger partial charge in [-0.15, -0.1) is 10.2 Å². The van der Waals surface area contributed by atoms with Gasteiger partial charge in [0.1, 0.15) is 10.8 Å². The van der Waals surface area contributed by atoms with E-state index in [1.54, 1.807) is 36.4 Å². The molecule has 1 atom stereocenters. The lowest BCUT2D eigenvalue weighted by molar-refractivity contribution is 0.0706. The highest BCUT2D eigenvalue weighted by molar-refractivity contribution is 7.13. The number of carbonyl (C=O) groups is 2. The lowest BCUT2D eigenvalue weighted by Crippen LogP contribution is -2.39. The number of likely N-dealkylation sites (tertiary alicyclic amines) is 1. The van der Waals surface area contributed by atoms with Crippen LogP contribution in [0.4, 0.5) is 5.69 Å². The van der Waals surface area contributed by atoms with Crippen molar-refractivity contribution in [3.8, 4) is 5.75 Å². The zero-order valence-corrected chi connectivity index (χ0v) is 19.2. The predicted octanol–water partition coefficient (Wildman–Crippen LogP) is 4.86. The molecule has 1 N–H and O–H groups in total. The van der Waals surface area contributed by atoms with Gasteiger partial charge in [-0.25, -0.2) is 0 Å². The van der Waals surface area contributed by atoms with Gasteiger partial charge in [-0.05, 0) is 62.2 Å². The normalized spacial score (nSPS) is 15.9. The second-order valence-electron chi connectivity index (χ2n) is 7.46. The zero-order valence-electron chi connectivity index (χ0n) is 17.6. The number of anilines is 1. The summed E-state index contributed by atoms with van der Waals surface area (Å²) in [5.41, 5.74) is 1.23. The van der Waals surface area contributed by atoms with Gasteiger partial charge in [0.2, 0.25) is 5.01 Å². The van der Waals surface area contributed by atoms with Crippen molar-refractivity contribution < 1.29 is 14.3 Å². The molecule has 7 nitrogen and oxygen atoms in total. The number of halogens is 1. The molecule has 166 valence electrons. The molecule has 2 amide bonds. The molecule has 0 saturated carbocycles. The van der Waals surface area contributed by atoms with Gasteiger partial charge < -0.3 is 15.0 Å². The summed E-state index contributed by atoms with van der Waals surface area (Å²) in [7, 11) is 0. The number of piperidine rings is 1. The quantitative estimate of drug-likeness (QED) is 0.556. The van der Waals surface area contributed by atoms with Crippen molar-refractivity contribution in [3.63, 3.8) is 0 Å². The monoisotopic (exact) mass is 470 g/mol. The van der Waals surface area contributed by atoms with Gasteiger partial charge in [0.05, 0.1) is 6.61 Å². The van der Waals surface area contributed by atoms with E-state index in [4.69, 9.17) is 16.3 Å². The first kappa shape index (κ1) is 22.2. The van der Waals surface area contributed by atoms with Gasteiger partial charge in [0, 0.05) is 35.3 Å². The molecule has 1 aromatic heterocycles. The number of hydrogen-bond acceptors (Lipinski definition) is 6. The summed E-state index contributed by atoms with van der Waals surface area (Å²) in [5, 5.41) is 12.7. The minimum absolute atomic E-state index is 0.0128. The fraction of sp³-hybridized carbons (Fsp3) is 0.304. The van der Waals surface area contributed by atoms with Gasteiger partial charge in [0.15, 0.2) is 0 Å². The average molecular weight is 471 g/mol. The van der Waals surface area contributed by atoms with E-state index in [0.717, 1.165) is 23.6 Å². The summed E-state index contributed by atoms with van der Waals surface area (Å²) in [4.78, 5) is 27.3. The van der Waals surface area contributed by atoms with Gasteiger partial charge in [-0.1, -0.05) is 29.0 Å².